The highest BCUT2D eigenvalue weighted by molar-refractivity contribution is 9.09. The molecule has 16 heavy (non-hydrogen) atoms. The van der Waals surface area contributed by atoms with Crippen molar-refractivity contribution in [3.63, 3.8) is 0 Å². The second-order valence-electron chi connectivity index (χ2n) is 3.75. The summed E-state index contributed by atoms with van der Waals surface area (Å²) in [6.07, 6.45) is 3.46. The highest BCUT2D eigenvalue weighted by Gasteiger charge is 2.16. The van der Waals surface area contributed by atoms with Crippen molar-refractivity contribution in [3.8, 4) is 0 Å². The van der Waals surface area contributed by atoms with Gasteiger partial charge in [-0.1, -0.05) is 29.8 Å². The molecule has 1 atom stereocenters. The second kappa shape index (κ2) is 6.03. The van der Waals surface area contributed by atoms with Crippen molar-refractivity contribution in [2.75, 3.05) is 5.33 Å². The third-order valence-corrected chi connectivity index (χ3v) is 3.28. The number of aromatic nitrogens is 2. The van der Waals surface area contributed by atoms with Crippen LogP contribution in [-0.4, -0.2) is 27.1 Å². The van der Waals surface area contributed by atoms with E-state index < -0.39 is 0 Å². The Morgan fingerprint density at radius 2 is 2.31 bits per heavy atom. The number of carbonyl (C=O) groups excluding carboxylic acids is 1. The molecular weight excluding hydrogens is 270 g/mol. The van der Waals surface area contributed by atoms with Gasteiger partial charge >= 0.3 is 0 Å². The lowest BCUT2D eigenvalue weighted by Crippen LogP contribution is -2.35. The minimum absolute atomic E-state index is 0.0312. The average Bonchev–Trinajstić information content (AvgIpc) is 2.67. The zero-order valence-electron chi connectivity index (χ0n) is 9.96. The van der Waals surface area contributed by atoms with Gasteiger partial charge in [0.05, 0.1) is 11.3 Å². The number of alkyl halides is 1. The van der Waals surface area contributed by atoms with Crippen LogP contribution in [0.5, 0.6) is 0 Å². The van der Waals surface area contributed by atoms with Crippen molar-refractivity contribution < 1.29 is 4.79 Å². The summed E-state index contributed by atoms with van der Waals surface area (Å²) in [4.78, 5) is 12.0. The van der Waals surface area contributed by atoms with Crippen molar-refractivity contribution in [1.82, 2.24) is 15.1 Å². The van der Waals surface area contributed by atoms with Gasteiger partial charge in [0.2, 0.25) is 0 Å². The van der Waals surface area contributed by atoms with Crippen molar-refractivity contribution in [2.24, 2.45) is 7.05 Å². The van der Waals surface area contributed by atoms with Crippen LogP contribution in [0.3, 0.4) is 0 Å². The van der Waals surface area contributed by atoms with Gasteiger partial charge in [0, 0.05) is 24.6 Å². The summed E-state index contributed by atoms with van der Waals surface area (Å²) in [5.74, 6) is -0.0312. The zero-order valence-corrected chi connectivity index (χ0v) is 11.5. The van der Waals surface area contributed by atoms with Gasteiger partial charge in [-0.3, -0.25) is 9.48 Å². The molecule has 5 heteroatoms. The van der Waals surface area contributed by atoms with Crippen molar-refractivity contribution in [1.29, 1.82) is 0 Å². The van der Waals surface area contributed by atoms with Gasteiger partial charge in [0.1, 0.15) is 0 Å². The average molecular weight is 288 g/mol. The Morgan fingerprint density at radius 1 is 1.62 bits per heavy atom. The van der Waals surface area contributed by atoms with Gasteiger partial charge in [-0.2, -0.15) is 5.10 Å². The van der Waals surface area contributed by atoms with Gasteiger partial charge in [0.25, 0.3) is 5.91 Å². The van der Waals surface area contributed by atoms with E-state index in [2.05, 4.69) is 33.3 Å². The molecular formula is C11H18BrN3O. The van der Waals surface area contributed by atoms with E-state index in [0.717, 1.165) is 23.9 Å². The lowest BCUT2D eigenvalue weighted by Gasteiger charge is -2.13. The van der Waals surface area contributed by atoms with Crippen LogP contribution >= 0.6 is 15.9 Å². The molecule has 0 saturated heterocycles. The summed E-state index contributed by atoms with van der Waals surface area (Å²) in [6.45, 7) is 4.05. The number of amides is 1. The van der Waals surface area contributed by atoms with E-state index in [4.69, 9.17) is 0 Å². The van der Waals surface area contributed by atoms with E-state index in [-0.39, 0.29) is 11.9 Å². The van der Waals surface area contributed by atoms with Crippen LogP contribution in [0.4, 0.5) is 0 Å². The van der Waals surface area contributed by atoms with Crippen LogP contribution in [0.15, 0.2) is 6.20 Å². The molecule has 1 unspecified atom stereocenters. The fourth-order valence-electron chi connectivity index (χ4n) is 1.50. The normalized spacial score (nSPS) is 12.5. The van der Waals surface area contributed by atoms with Gasteiger partial charge in [-0.15, -0.1) is 0 Å². The van der Waals surface area contributed by atoms with E-state index in [1.54, 1.807) is 10.9 Å². The molecule has 90 valence electrons. The lowest BCUT2D eigenvalue weighted by atomic mass is 10.2. The fourth-order valence-corrected chi connectivity index (χ4v) is 2.12. The molecule has 1 aromatic rings. The summed E-state index contributed by atoms with van der Waals surface area (Å²) in [6, 6.07) is 0.178. The molecule has 0 aromatic carbocycles. The van der Waals surface area contributed by atoms with Crippen molar-refractivity contribution in [3.05, 3.63) is 17.5 Å². The maximum absolute atomic E-state index is 12.0. The lowest BCUT2D eigenvalue weighted by molar-refractivity contribution is 0.0939. The Morgan fingerprint density at radius 3 is 2.81 bits per heavy atom. The van der Waals surface area contributed by atoms with Crippen LogP contribution in [0, 0.1) is 0 Å². The van der Waals surface area contributed by atoms with Crippen molar-refractivity contribution in [2.45, 2.75) is 32.7 Å². The van der Waals surface area contributed by atoms with Gasteiger partial charge in [-0.25, -0.2) is 0 Å². The number of rotatable bonds is 5. The molecule has 0 fully saturated rings. The molecule has 1 heterocycles. The third kappa shape index (κ3) is 3.07. The Bertz CT molecular complexity index is 358. The van der Waals surface area contributed by atoms with E-state index in [9.17, 15) is 4.79 Å². The molecule has 0 aliphatic rings. The predicted molar refractivity (Wildman–Crippen MR) is 67.9 cm³/mol. The van der Waals surface area contributed by atoms with Crippen LogP contribution in [0.25, 0.3) is 0 Å². The second-order valence-corrected chi connectivity index (χ2v) is 4.40. The Hall–Kier alpha value is -0.840. The topological polar surface area (TPSA) is 46.9 Å². The van der Waals surface area contributed by atoms with Crippen LogP contribution in [-0.2, 0) is 13.5 Å². The monoisotopic (exact) mass is 287 g/mol. The molecule has 0 aliphatic carbocycles. The first kappa shape index (κ1) is 13.2. The third-order valence-electron chi connectivity index (χ3n) is 2.50. The minimum Gasteiger partial charge on any atom is -0.348 e. The number of halogens is 1. The molecule has 1 N–H and O–H groups in total. The number of hydrogen-bond acceptors (Lipinski definition) is 2. The van der Waals surface area contributed by atoms with E-state index >= 15 is 0 Å². The van der Waals surface area contributed by atoms with Crippen LogP contribution in [0.1, 0.15) is 36.3 Å². The quantitative estimate of drug-likeness (QED) is 0.841. The van der Waals surface area contributed by atoms with Gasteiger partial charge in [0.15, 0.2) is 0 Å². The maximum atomic E-state index is 12.0. The summed E-state index contributed by atoms with van der Waals surface area (Å²) in [7, 11) is 1.83. The molecule has 0 aliphatic heterocycles. The van der Waals surface area contributed by atoms with Crippen molar-refractivity contribution >= 4 is 21.8 Å². The Labute approximate surface area is 105 Å². The van der Waals surface area contributed by atoms with Crippen LogP contribution < -0.4 is 5.32 Å². The molecule has 1 aromatic heterocycles. The first-order valence-electron chi connectivity index (χ1n) is 5.51. The molecule has 0 radical (unpaired) electrons. The van der Waals surface area contributed by atoms with E-state index in [1.165, 1.54) is 0 Å². The SMILES string of the molecule is CCc1nn(C)cc1C(=O)NC(CC)CBr. The van der Waals surface area contributed by atoms with Gasteiger partial charge in [-0.05, 0) is 12.8 Å². The number of nitrogens with zero attached hydrogens (tertiary/aromatic N) is 2. The molecule has 0 spiro atoms. The first-order chi connectivity index (χ1) is 7.62. The van der Waals surface area contributed by atoms with E-state index in [1.807, 2.05) is 14.0 Å². The predicted octanol–water partition coefficient (Wildman–Crippen LogP) is 1.89. The zero-order chi connectivity index (χ0) is 12.1. The standard InChI is InChI=1S/C11H18BrN3O/c1-4-8(6-12)13-11(16)9-7-15(3)14-10(9)5-2/h7-8H,4-6H2,1-3H3,(H,13,16). The summed E-state index contributed by atoms with van der Waals surface area (Å²) < 4.78 is 1.68. The highest BCUT2D eigenvalue weighted by atomic mass is 79.9. The molecule has 1 rings (SSSR count). The first-order valence-corrected chi connectivity index (χ1v) is 6.63. The van der Waals surface area contributed by atoms with E-state index in [0.29, 0.717) is 5.56 Å². The smallest absolute Gasteiger partial charge is 0.255 e. The van der Waals surface area contributed by atoms with Gasteiger partial charge < -0.3 is 5.32 Å². The maximum Gasteiger partial charge on any atom is 0.255 e. The largest absolute Gasteiger partial charge is 0.348 e. The minimum atomic E-state index is -0.0312. The molecule has 0 saturated carbocycles. The fraction of sp³-hybridized carbons (Fsp3) is 0.636. The molecule has 1 amide bonds. The summed E-state index contributed by atoms with van der Waals surface area (Å²) in [5, 5.41) is 8.01. The Kier molecular flexibility index (Phi) is 4.99. The number of carbonyl (C=O) groups is 1. The molecule has 0 bridgehead atoms. The number of aryl methyl sites for hydroxylation is 2. The number of hydrogen-bond donors (Lipinski definition) is 1. The summed E-state index contributed by atoms with van der Waals surface area (Å²) >= 11 is 3.38. The highest BCUT2D eigenvalue weighted by Crippen LogP contribution is 2.08. The molecule has 4 nitrogen and oxygen atoms in total. The summed E-state index contributed by atoms with van der Waals surface area (Å²) in [5.41, 5.74) is 1.54. The van der Waals surface area contributed by atoms with Crippen LogP contribution in [0.2, 0.25) is 0 Å². The Balaban J connectivity index is 2.79. The number of nitrogens with one attached hydrogen (secondary N) is 1.